The van der Waals surface area contributed by atoms with E-state index in [1.54, 1.807) is 31.0 Å². The van der Waals surface area contributed by atoms with E-state index in [-0.39, 0.29) is 5.84 Å². The molecule has 0 aliphatic heterocycles. The van der Waals surface area contributed by atoms with Crippen molar-refractivity contribution in [3.8, 4) is 5.75 Å². The molecule has 2 aromatic rings. The van der Waals surface area contributed by atoms with Gasteiger partial charge in [-0.25, -0.2) is 0 Å². The summed E-state index contributed by atoms with van der Waals surface area (Å²) in [4.78, 5) is 1.04. The van der Waals surface area contributed by atoms with Gasteiger partial charge in [0.05, 0.1) is 22.7 Å². The van der Waals surface area contributed by atoms with Gasteiger partial charge in [-0.3, -0.25) is 5.41 Å². The van der Waals surface area contributed by atoms with Crippen LogP contribution in [0.25, 0.3) is 0 Å². The molecule has 0 unspecified atom stereocenters. The summed E-state index contributed by atoms with van der Waals surface area (Å²) >= 11 is 13.5. The highest BCUT2D eigenvalue weighted by Crippen LogP contribution is 2.31. The summed E-state index contributed by atoms with van der Waals surface area (Å²) in [6, 6.07) is 11.2. The van der Waals surface area contributed by atoms with Crippen LogP contribution < -0.4 is 10.5 Å². The maximum absolute atomic E-state index is 7.50. The number of thioether (sulfide) groups is 1. The molecule has 0 aliphatic rings. The SMILES string of the molecule is COc1cc(CSc2ccc(Cl)c(Cl)c2)ccc1C(=N)N. The van der Waals surface area contributed by atoms with E-state index in [1.165, 1.54) is 0 Å². The van der Waals surface area contributed by atoms with Gasteiger partial charge in [0, 0.05) is 10.6 Å². The second-order valence-electron chi connectivity index (χ2n) is 4.31. The quantitative estimate of drug-likeness (QED) is 0.475. The molecule has 0 spiro atoms. The molecule has 2 rings (SSSR count). The van der Waals surface area contributed by atoms with Crippen LogP contribution in [0.3, 0.4) is 0 Å². The van der Waals surface area contributed by atoms with E-state index in [4.69, 9.17) is 39.1 Å². The highest BCUT2D eigenvalue weighted by atomic mass is 35.5. The highest BCUT2D eigenvalue weighted by molar-refractivity contribution is 7.98. The van der Waals surface area contributed by atoms with Crippen LogP contribution in [0.1, 0.15) is 11.1 Å². The number of hydrogen-bond donors (Lipinski definition) is 2. The first-order chi connectivity index (χ1) is 10.0. The van der Waals surface area contributed by atoms with Crippen molar-refractivity contribution in [2.24, 2.45) is 5.73 Å². The van der Waals surface area contributed by atoms with Crippen molar-refractivity contribution >= 4 is 40.8 Å². The summed E-state index contributed by atoms with van der Waals surface area (Å²) in [6.07, 6.45) is 0. The fourth-order valence-electron chi connectivity index (χ4n) is 1.78. The Hall–Kier alpha value is -1.36. The molecule has 3 nitrogen and oxygen atoms in total. The number of hydrogen-bond acceptors (Lipinski definition) is 3. The minimum Gasteiger partial charge on any atom is -0.496 e. The normalized spacial score (nSPS) is 10.4. The Balaban J connectivity index is 2.13. The van der Waals surface area contributed by atoms with Crippen LogP contribution >= 0.6 is 35.0 Å². The second kappa shape index (κ2) is 7.07. The lowest BCUT2D eigenvalue weighted by molar-refractivity contribution is 0.413. The largest absolute Gasteiger partial charge is 0.496 e. The number of halogens is 2. The molecular formula is C15H14Cl2N2OS. The van der Waals surface area contributed by atoms with Crippen LogP contribution in [0.2, 0.25) is 10.0 Å². The van der Waals surface area contributed by atoms with E-state index in [0.29, 0.717) is 21.4 Å². The molecule has 0 atom stereocenters. The first-order valence-corrected chi connectivity index (χ1v) is 7.84. The number of nitrogens with two attached hydrogens (primary N) is 1. The summed E-state index contributed by atoms with van der Waals surface area (Å²) in [5.41, 5.74) is 7.18. The summed E-state index contributed by atoms with van der Waals surface area (Å²) < 4.78 is 5.27. The molecule has 3 N–H and O–H groups in total. The molecule has 6 heteroatoms. The average molecular weight is 341 g/mol. The fourth-order valence-corrected chi connectivity index (χ4v) is 3.02. The predicted molar refractivity (Wildman–Crippen MR) is 90.0 cm³/mol. The maximum Gasteiger partial charge on any atom is 0.130 e. The van der Waals surface area contributed by atoms with Gasteiger partial charge in [0.15, 0.2) is 0 Å². The molecule has 0 aliphatic carbocycles. The first-order valence-electron chi connectivity index (χ1n) is 6.10. The molecule has 0 amide bonds. The Morgan fingerprint density at radius 1 is 1.19 bits per heavy atom. The van der Waals surface area contributed by atoms with Crippen molar-refractivity contribution in [1.82, 2.24) is 0 Å². The van der Waals surface area contributed by atoms with Crippen LogP contribution in [0, 0.1) is 5.41 Å². The summed E-state index contributed by atoms with van der Waals surface area (Å²) in [5, 5.41) is 8.59. The number of nitrogens with one attached hydrogen (secondary N) is 1. The number of amidine groups is 1. The summed E-state index contributed by atoms with van der Waals surface area (Å²) in [5.74, 6) is 1.36. The minimum atomic E-state index is -0.00413. The third-order valence-corrected chi connectivity index (χ3v) is 4.66. The Labute approximate surface area is 137 Å². The van der Waals surface area contributed by atoms with Gasteiger partial charge >= 0.3 is 0 Å². The first kappa shape index (κ1) is 16.0. The number of rotatable bonds is 5. The van der Waals surface area contributed by atoms with Crippen molar-refractivity contribution < 1.29 is 4.74 Å². The minimum absolute atomic E-state index is 0.00413. The van der Waals surface area contributed by atoms with Gasteiger partial charge in [-0.2, -0.15) is 0 Å². The lowest BCUT2D eigenvalue weighted by atomic mass is 10.1. The number of benzene rings is 2. The fraction of sp³-hybridized carbons (Fsp3) is 0.133. The van der Waals surface area contributed by atoms with E-state index in [0.717, 1.165) is 16.2 Å². The van der Waals surface area contributed by atoms with Crippen LogP contribution in [0.5, 0.6) is 5.75 Å². The Kier molecular flexibility index (Phi) is 5.39. The third-order valence-electron chi connectivity index (χ3n) is 2.85. The molecule has 21 heavy (non-hydrogen) atoms. The Morgan fingerprint density at radius 3 is 2.57 bits per heavy atom. The van der Waals surface area contributed by atoms with Gasteiger partial charge in [-0.15, -0.1) is 11.8 Å². The van der Waals surface area contributed by atoms with Crippen LogP contribution in [0.15, 0.2) is 41.3 Å². The molecule has 0 aromatic heterocycles. The number of ether oxygens (including phenoxy) is 1. The van der Waals surface area contributed by atoms with E-state index in [9.17, 15) is 0 Å². The van der Waals surface area contributed by atoms with Gasteiger partial charge in [-0.05, 0) is 35.9 Å². The summed E-state index contributed by atoms with van der Waals surface area (Å²) in [6.45, 7) is 0. The monoisotopic (exact) mass is 340 g/mol. The van der Waals surface area contributed by atoms with E-state index in [2.05, 4.69) is 0 Å². The van der Waals surface area contributed by atoms with Gasteiger partial charge in [-0.1, -0.05) is 29.3 Å². The Morgan fingerprint density at radius 2 is 1.95 bits per heavy atom. The topological polar surface area (TPSA) is 59.1 Å². The van der Waals surface area contributed by atoms with Crippen molar-refractivity contribution in [3.05, 3.63) is 57.6 Å². The zero-order valence-corrected chi connectivity index (χ0v) is 13.6. The number of methoxy groups -OCH3 is 1. The molecule has 110 valence electrons. The standard InChI is InChI=1S/C15H14Cl2N2OS/c1-20-14-6-9(2-4-11(14)15(18)19)8-21-10-3-5-12(16)13(17)7-10/h2-7H,8H2,1H3,(H3,18,19). The van der Waals surface area contributed by atoms with Crippen molar-refractivity contribution in [3.63, 3.8) is 0 Å². The molecule has 0 fully saturated rings. The zero-order valence-electron chi connectivity index (χ0n) is 11.3. The van der Waals surface area contributed by atoms with Crippen LogP contribution in [-0.2, 0) is 5.75 Å². The molecule has 0 bridgehead atoms. The van der Waals surface area contributed by atoms with Crippen molar-refractivity contribution in [2.45, 2.75) is 10.6 Å². The van der Waals surface area contributed by atoms with Gasteiger partial charge < -0.3 is 10.5 Å². The van der Waals surface area contributed by atoms with E-state index >= 15 is 0 Å². The van der Waals surface area contributed by atoms with Crippen molar-refractivity contribution in [1.29, 1.82) is 5.41 Å². The number of nitrogen functional groups attached to an aromatic ring is 1. The average Bonchev–Trinajstić information content (AvgIpc) is 2.48. The van der Waals surface area contributed by atoms with Gasteiger partial charge in [0.25, 0.3) is 0 Å². The van der Waals surface area contributed by atoms with Crippen LogP contribution in [-0.4, -0.2) is 12.9 Å². The van der Waals surface area contributed by atoms with Crippen LogP contribution in [0.4, 0.5) is 0 Å². The molecular weight excluding hydrogens is 327 g/mol. The third kappa shape index (κ3) is 4.06. The molecule has 0 heterocycles. The highest BCUT2D eigenvalue weighted by Gasteiger charge is 2.08. The van der Waals surface area contributed by atoms with Gasteiger partial charge in [0.2, 0.25) is 0 Å². The molecule has 2 aromatic carbocycles. The maximum atomic E-state index is 7.50. The summed E-state index contributed by atoms with van der Waals surface area (Å²) in [7, 11) is 1.57. The predicted octanol–water partition coefficient (Wildman–Crippen LogP) is 4.58. The Bertz CT molecular complexity index is 677. The van der Waals surface area contributed by atoms with E-state index in [1.807, 2.05) is 24.3 Å². The second-order valence-corrected chi connectivity index (χ2v) is 6.18. The molecule has 0 saturated carbocycles. The molecule has 0 radical (unpaired) electrons. The van der Waals surface area contributed by atoms with E-state index < -0.39 is 0 Å². The lowest BCUT2D eigenvalue weighted by Gasteiger charge is -2.10. The molecule has 0 saturated heterocycles. The lowest BCUT2D eigenvalue weighted by Crippen LogP contribution is -2.12. The van der Waals surface area contributed by atoms with Gasteiger partial charge in [0.1, 0.15) is 11.6 Å². The zero-order chi connectivity index (χ0) is 15.4. The van der Waals surface area contributed by atoms with Crippen molar-refractivity contribution in [2.75, 3.05) is 7.11 Å². The smallest absolute Gasteiger partial charge is 0.130 e.